The number of nitrogens with one attached hydrogen (secondary N) is 2. The standard InChI is InChI=1S/C15H19N3O7/c1-4-16-14(20)9(2)17-13(19)8-25-15(21)10-5-6-12(24-3)11(7-10)18(22)23/h5-7,9H,4,8H2,1-3H3,(H,16,20)(H,17,19)/t9-/m0/s1. The summed E-state index contributed by atoms with van der Waals surface area (Å²) < 4.78 is 9.62. The molecule has 0 radical (unpaired) electrons. The summed E-state index contributed by atoms with van der Waals surface area (Å²) in [6, 6.07) is 2.75. The number of nitrogens with zero attached hydrogens (tertiary/aromatic N) is 1. The zero-order chi connectivity index (χ0) is 19.0. The number of esters is 1. The first-order valence-corrected chi connectivity index (χ1v) is 7.36. The third-order valence-corrected chi connectivity index (χ3v) is 3.07. The van der Waals surface area contributed by atoms with Gasteiger partial charge >= 0.3 is 11.7 Å². The van der Waals surface area contributed by atoms with Crippen LogP contribution in [-0.2, 0) is 14.3 Å². The molecule has 0 aliphatic carbocycles. The predicted molar refractivity (Wildman–Crippen MR) is 86.2 cm³/mol. The van der Waals surface area contributed by atoms with Crippen LogP contribution in [-0.4, -0.2) is 49.0 Å². The third kappa shape index (κ3) is 5.75. The highest BCUT2D eigenvalue weighted by atomic mass is 16.6. The average molecular weight is 353 g/mol. The maximum Gasteiger partial charge on any atom is 0.338 e. The molecule has 0 spiro atoms. The molecule has 10 nitrogen and oxygen atoms in total. The fraction of sp³-hybridized carbons (Fsp3) is 0.400. The highest BCUT2D eigenvalue weighted by Crippen LogP contribution is 2.27. The Labute approximate surface area is 143 Å². The molecule has 0 heterocycles. The van der Waals surface area contributed by atoms with Crippen molar-refractivity contribution >= 4 is 23.5 Å². The van der Waals surface area contributed by atoms with Crippen LogP contribution in [0.5, 0.6) is 5.75 Å². The minimum atomic E-state index is -0.911. The number of amides is 2. The summed E-state index contributed by atoms with van der Waals surface area (Å²) >= 11 is 0. The minimum absolute atomic E-state index is 0.00458. The molecule has 10 heteroatoms. The van der Waals surface area contributed by atoms with E-state index in [9.17, 15) is 24.5 Å². The Morgan fingerprint density at radius 3 is 2.56 bits per heavy atom. The van der Waals surface area contributed by atoms with Gasteiger partial charge in [0.1, 0.15) is 6.04 Å². The number of likely N-dealkylation sites (N-methyl/N-ethyl adjacent to an activating group) is 1. The maximum absolute atomic E-state index is 11.9. The molecule has 1 aromatic carbocycles. The molecule has 0 unspecified atom stereocenters. The third-order valence-electron chi connectivity index (χ3n) is 3.07. The van der Waals surface area contributed by atoms with Gasteiger partial charge in [-0.25, -0.2) is 4.79 Å². The highest BCUT2D eigenvalue weighted by molar-refractivity contribution is 5.93. The van der Waals surface area contributed by atoms with Crippen LogP contribution in [0.4, 0.5) is 5.69 Å². The van der Waals surface area contributed by atoms with E-state index in [2.05, 4.69) is 10.6 Å². The van der Waals surface area contributed by atoms with Gasteiger partial charge in [0.05, 0.1) is 17.6 Å². The van der Waals surface area contributed by atoms with E-state index >= 15 is 0 Å². The van der Waals surface area contributed by atoms with Gasteiger partial charge in [-0.2, -0.15) is 0 Å². The monoisotopic (exact) mass is 353 g/mol. The van der Waals surface area contributed by atoms with Crippen molar-refractivity contribution in [3.05, 3.63) is 33.9 Å². The second-order valence-corrected chi connectivity index (χ2v) is 4.90. The van der Waals surface area contributed by atoms with Crippen LogP contribution in [0.2, 0.25) is 0 Å². The lowest BCUT2D eigenvalue weighted by Gasteiger charge is -2.13. The number of methoxy groups -OCH3 is 1. The molecule has 25 heavy (non-hydrogen) atoms. The van der Waals surface area contributed by atoms with E-state index in [-0.39, 0.29) is 17.2 Å². The summed E-state index contributed by atoms with van der Waals surface area (Å²) in [5.74, 6) is -1.95. The zero-order valence-electron chi connectivity index (χ0n) is 14.0. The van der Waals surface area contributed by atoms with E-state index in [1.807, 2.05) is 0 Å². The normalized spacial score (nSPS) is 11.2. The summed E-state index contributed by atoms with van der Waals surface area (Å²) in [5, 5.41) is 15.8. The van der Waals surface area contributed by atoms with Crippen molar-refractivity contribution in [3.63, 3.8) is 0 Å². The largest absolute Gasteiger partial charge is 0.490 e. The van der Waals surface area contributed by atoms with Crippen LogP contribution in [0, 0.1) is 10.1 Å². The van der Waals surface area contributed by atoms with Crippen LogP contribution >= 0.6 is 0 Å². The van der Waals surface area contributed by atoms with Crippen LogP contribution in [0.25, 0.3) is 0 Å². The molecule has 2 N–H and O–H groups in total. The number of hydrogen-bond donors (Lipinski definition) is 2. The average Bonchev–Trinajstić information content (AvgIpc) is 2.59. The molecule has 0 saturated carbocycles. The molecule has 1 aromatic rings. The minimum Gasteiger partial charge on any atom is -0.490 e. The summed E-state index contributed by atoms with van der Waals surface area (Å²) in [5.41, 5.74) is -0.497. The smallest absolute Gasteiger partial charge is 0.338 e. The molecule has 1 atom stereocenters. The molecular weight excluding hydrogens is 334 g/mol. The van der Waals surface area contributed by atoms with Crippen molar-refractivity contribution in [2.45, 2.75) is 19.9 Å². The second kappa shape index (κ2) is 9.21. The lowest BCUT2D eigenvalue weighted by Crippen LogP contribution is -2.46. The van der Waals surface area contributed by atoms with E-state index in [1.165, 1.54) is 26.2 Å². The Morgan fingerprint density at radius 2 is 2.00 bits per heavy atom. The van der Waals surface area contributed by atoms with Gasteiger partial charge in [-0.3, -0.25) is 19.7 Å². The molecule has 0 saturated heterocycles. The SMILES string of the molecule is CCNC(=O)[C@H](C)NC(=O)COC(=O)c1ccc(OC)c([N+](=O)[O-])c1. The van der Waals surface area contributed by atoms with Gasteiger partial charge in [0, 0.05) is 12.6 Å². The summed E-state index contributed by atoms with van der Waals surface area (Å²) in [7, 11) is 1.26. The summed E-state index contributed by atoms with van der Waals surface area (Å²) in [4.78, 5) is 45.3. The molecule has 0 aromatic heterocycles. The van der Waals surface area contributed by atoms with Gasteiger partial charge in [-0.05, 0) is 26.0 Å². The molecule has 1 rings (SSSR count). The Morgan fingerprint density at radius 1 is 1.32 bits per heavy atom. The van der Waals surface area contributed by atoms with Gasteiger partial charge in [0.25, 0.3) is 5.91 Å². The van der Waals surface area contributed by atoms with Gasteiger partial charge < -0.3 is 20.1 Å². The first-order chi connectivity index (χ1) is 11.8. The van der Waals surface area contributed by atoms with E-state index < -0.39 is 35.1 Å². The molecule has 0 fully saturated rings. The van der Waals surface area contributed by atoms with Gasteiger partial charge in [-0.15, -0.1) is 0 Å². The number of benzene rings is 1. The van der Waals surface area contributed by atoms with Crippen molar-refractivity contribution in [1.29, 1.82) is 0 Å². The number of carbonyl (C=O) groups excluding carboxylic acids is 3. The lowest BCUT2D eigenvalue weighted by molar-refractivity contribution is -0.385. The van der Waals surface area contributed by atoms with E-state index in [4.69, 9.17) is 9.47 Å². The number of carbonyl (C=O) groups is 3. The highest BCUT2D eigenvalue weighted by Gasteiger charge is 2.20. The molecule has 0 bridgehead atoms. The predicted octanol–water partition coefficient (Wildman–Crippen LogP) is 0.401. The summed E-state index contributed by atoms with van der Waals surface area (Å²) in [6.07, 6.45) is 0. The Hall–Kier alpha value is -3.17. The van der Waals surface area contributed by atoms with Crippen molar-refractivity contribution in [2.24, 2.45) is 0 Å². The number of nitro benzene ring substituents is 1. The van der Waals surface area contributed by atoms with E-state index in [0.29, 0.717) is 6.54 Å². The number of rotatable bonds is 8. The Bertz CT molecular complexity index is 675. The van der Waals surface area contributed by atoms with Crippen LogP contribution in [0.15, 0.2) is 18.2 Å². The fourth-order valence-corrected chi connectivity index (χ4v) is 1.85. The van der Waals surface area contributed by atoms with Gasteiger partial charge in [0.2, 0.25) is 5.91 Å². The first kappa shape index (κ1) is 19.9. The quantitative estimate of drug-likeness (QED) is 0.392. The first-order valence-electron chi connectivity index (χ1n) is 7.36. The van der Waals surface area contributed by atoms with Crippen LogP contribution < -0.4 is 15.4 Å². The molecule has 2 amide bonds. The van der Waals surface area contributed by atoms with Crippen LogP contribution in [0.1, 0.15) is 24.2 Å². The lowest BCUT2D eigenvalue weighted by atomic mass is 10.2. The Balaban J connectivity index is 2.65. The van der Waals surface area contributed by atoms with E-state index in [0.717, 1.165) is 6.07 Å². The van der Waals surface area contributed by atoms with Gasteiger partial charge in [-0.1, -0.05) is 0 Å². The molecule has 136 valence electrons. The number of hydrogen-bond acceptors (Lipinski definition) is 7. The number of nitro groups is 1. The fourth-order valence-electron chi connectivity index (χ4n) is 1.85. The van der Waals surface area contributed by atoms with Crippen molar-refractivity contribution in [1.82, 2.24) is 10.6 Å². The van der Waals surface area contributed by atoms with Crippen LogP contribution in [0.3, 0.4) is 0 Å². The van der Waals surface area contributed by atoms with Crippen molar-refractivity contribution < 1.29 is 28.8 Å². The van der Waals surface area contributed by atoms with Crippen molar-refractivity contribution in [3.8, 4) is 5.75 Å². The second-order valence-electron chi connectivity index (χ2n) is 4.90. The molecule has 0 aliphatic rings. The zero-order valence-corrected chi connectivity index (χ0v) is 14.0. The van der Waals surface area contributed by atoms with Gasteiger partial charge in [0.15, 0.2) is 12.4 Å². The Kier molecular flexibility index (Phi) is 7.32. The topological polar surface area (TPSA) is 137 Å². The van der Waals surface area contributed by atoms with E-state index in [1.54, 1.807) is 6.92 Å². The molecule has 0 aliphatic heterocycles. The molecular formula is C15H19N3O7. The number of ether oxygens (including phenoxy) is 2. The maximum atomic E-state index is 11.9. The van der Waals surface area contributed by atoms with Crippen molar-refractivity contribution in [2.75, 3.05) is 20.3 Å². The summed E-state index contributed by atoms with van der Waals surface area (Å²) in [6.45, 7) is 3.02.